The van der Waals surface area contributed by atoms with Crippen molar-refractivity contribution in [3.63, 3.8) is 0 Å². The van der Waals surface area contributed by atoms with E-state index in [-0.39, 0.29) is 22.6 Å². The van der Waals surface area contributed by atoms with Gasteiger partial charge in [0.2, 0.25) is 11.7 Å². The zero-order chi connectivity index (χ0) is 23.2. The molecule has 1 spiro atoms. The zero-order valence-corrected chi connectivity index (χ0v) is 19.9. The number of nitrogens with zero attached hydrogens (tertiary/aromatic N) is 4. The Bertz CT molecular complexity index is 1060. The fraction of sp³-hybridized carbons (Fsp3) is 0.542. The molecule has 3 aliphatic rings. The Morgan fingerprint density at radius 1 is 1.12 bits per heavy atom. The summed E-state index contributed by atoms with van der Waals surface area (Å²) in [4.78, 5) is 25.1. The average molecular weight is 472 g/mol. The second-order valence-corrected chi connectivity index (χ2v) is 10.2. The van der Waals surface area contributed by atoms with Crippen molar-refractivity contribution in [2.75, 3.05) is 31.9 Å². The van der Waals surface area contributed by atoms with Gasteiger partial charge >= 0.3 is 0 Å². The van der Waals surface area contributed by atoms with Crippen molar-refractivity contribution < 1.29 is 14.3 Å². The highest BCUT2D eigenvalue weighted by atomic mass is 35.5. The molecule has 2 aromatic rings. The first-order chi connectivity index (χ1) is 15.7. The maximum atomic E-state index is 12.9. The number of anilines is 1. The molecule has 2 N–H and O–H groups in total. The first-order valence-electron chi connectivity index (χ1n) is 11.5. The highest BCUT2D eigenvalue weighted by molar-refractivity contribution is 6.33. The number of halogens is 1. The van der Waals surface area contributed by atoms with Crippen LogP contribution in [-0.4, -0.2) is 57.6 Å². The van der Waals surface area contributed by atoms with E-state index < -0.39 is 5.79 Å². The molecule has 9 heteroatoms. The summed E-state index contributed by atoms with van der Waals surface area (Å²) in [7, 11) is 0. The topological polar surface area (TPSA) is 93.8 Å². The summed E-state index contributed by atoms with van der Waals surface area (Å²) >= 11 is 6.14. The monoisotopic (exact) mass is 471 g/mol. The number of para-hydroxylation sites is 1. The number of aromatic nitrogens is 2. The highest BCUT2D eigenvalue weighted by Crippen LogP contribution is 2.44. The van der Waals surface area contributed by atoms with Gasteiger partial charge in [-0.2, -0.15) is 0 Å². The van der Waals surface area contributed by atoms with Crippen molar-refractivity contribution in [1.29, 1.82) is 0 Å². The molecule has 33 heavy (non-hydrogen) atoms. The normalized spacial score (nSPS) is 21.4. The van der Waals surface area contributed by atoms with Crippen LogP contribution in [0.25, 0.3) is 0 Å². The molecule has 176 valence electrons. The van der Waals surface area contributed by atoms with Gasteiger partial charge in [-0.1, -0.05) is 23.7 Å². The Labute approximate surface area is 199 Å². The van der Waals surface area contributed by atoms with E-state index in [1.807, 2.05) is 30.9 Å². The number of rotatable bonds is 3. The molecule has 8 nitrogen and oxygen atoms in total. The van der Waals surface area contributed by atoms with Gasteiger partial charge in [0.25, 0.3) is 5.91 Å². The third-order valence-corrected chi connectivity index (χ3v) is 7.43. The standard InChI is InChI=1S/C24H30ClN5O3/c1-23(2)32-18-5-3-4-16(20(18)33-23)15-29-10-6-24(7-11-29)8-12-30(13-9-24)21(31)19-17(25)14-27-22(26)28-19/h3-5,14H,6-13,15H2,1-2H3,(H2,26,27,28). The number of likely N-dealkylation sites (tertiary alicyclic amines) is 2. The van der Waals surface area contributed by atoms with E-state index in [2.05, 4.69) is 20.9 Å². The van der Waals surface area contributed by atoms with Gasteiger partial charge in [-0.15, -0.1) is 0 Å². The van der Waals surface area contributed by atoms with Crippen LogP contribution < -0.4 is 15.2 Å². The molecule has 3 aliphatic heterocycles. The van der Waals surface area contributed by atoms with Crippen LogP contribution in [0.3, 0.4) is 0 Å². The fourth-order valence-corrected chi connectivity index (χ4v) is 5.38. The highest BCUT2D eigenvalue weighted by Gasteiger charge is 2.40. The van der Waals surface area contributed by atoms with Crippen LogP contribution in [0.2, 0.25) is 5.02 Å². The molecular weight excluding hydrogens is 442 g/mol. The van der Waals surface area contributed by atoms with Gasteiger partial charge in [-0.05, 0) is 50.3 Å². The SMILES string of the molecule is CC1(C)Oc2cccc(CN3CCC4(CC3)CCN(C(=O)c3nc(N)ncc3Cl)CC4)c2O1. The fourth-order valence-electron chi connectivity index (χ4n) is 5.20. The van der Waals surface area contributed by atoms with E-state index in [4.69, 9.17) is 26.8 Å². The molecule has 0 atom stereocenters. The van der Waals surface area contributed by atoms with Crippen molar-refractivity contribution in [3.05, 3.63) is 40.7 Å². The maximum Gasteiger partial charge on any atom is 0.274 e. The third kappa shape index (κ3) is 4.46. The van der Waals surface area contributed by atoms with Crippen LogP contribution in [-0.2, 0) is 6.54 Å². The Balaban J connectivity index is 1.17. The van der Waals surface area contributed by atoms with E-state index in [1.165, 1.54) is 11.8 Å². The van der Waals surface area contributed by atoms with Crippen molar-refractivity contribution in [2.24, 2.45) is 5.41 Å². The van der Waals surface area contributed by atoms with Crippen LogP contribution in [0.1, 0.15) is 55.6 Å². The number of ether oxygens (including phenoxy) is 2. The Hall–Kier alpha value is -2.58. The minimum Gasteiger partial charge on any atom is -0.449 e. The van der Waals surface area contributed by atoms with E-state index in [1.54, 1.807) is 0 Å². The van der Waals surface area contributed by atoms with E-state index in [9.17, 15) is 4.79 Å². The molecule has 1 aromatic heterocycles. The summed E-state index contributed by atoms with van der Waals surface area (Å²) in [6.07, 6.45) is 5.65. The number of benzene rings is 1. The Morgan fingerprint density at radius 2 is 1.82 bits per heavy atom. The summed E-state index contributed by atoms with van der Waals surface area (Å²) in [5.41, 5.74) is 7.31. The number of carbonyl (C=O) groups excluding carboxylic acids is 1. The number of carbonyl (C=O) groups is 1. The maximum absolute atomic E-state index is 12.9. The molecule has 1 amide bonds. The lowest BCUT2D eigenvalue weighted by atomic mass is 9.71. The smallest absolute Gasteiger partial charge is 0.274 e. The summed E-state index contributed by atoms with van der Waals surface area (Å²) in [5, 5.41) is 0.243. The van der Waals surface area contributed by atoms with E-state index >= 15 is 0 Å². The van der Waals surface area contributed by atoms with Gasteiger partial charge in [0, 0.05) is 39.0 Å². The largest absolute Gasteiger partial charge is 0.449 e. The molecule has 2 saturated heterocycles. The first-order valence-corrected chi connectivity index (χ1v) is 11.9. The molecule has 1 aromatic carbocycles. The zero-order valence-electron chi connectivity index (χ0n) is 19.1. The molecular formula is C24H30ClN5O3. The molecule has 0 unspecified atom stereocenters. The van der Waals surface area contributed by atoms with Gasteiger partial charge in [-0.25, -0.2) is 9.97 Å². The third-order valence-electron chi connectivity index (χ3n) is 7.15. The quantitative estimate of drug-likeness (QED) is 0.728. The summed E-state index contributed by atoms with van der Waals surface area (Å²) < 4.78 is 11.9. The Morgan fingerprint density at radius 3 is 2.55 bits per heavy atom. The lowest BCUT2D eigenvalue weighted by Crippen LogP contribution is -2.48. The second kappa shape index (κ2) is 8.33. The Kier molecular flexibility index (Phi) is 5.61. The molecule has 0 bridgehead atoms. The summed E-state index contributed by atoms with van der Waals surface area (Å²) in [6, 6.07) is 6.13. The van der Waals surface area contributed by atoms with Gasteiger partial charge in [0.15, 0.2) is 17.2 Å². The molecule has 0 radical (unpaired) electrons. The first kappa shape index (κ1) is 22.2. The number of piperidine rings is 2. The molecule has 2 fully saturated rings. The molecule has 4 heterocycles. The average Bonchev–Trinajstić information content (AvgIpc) is 3.12. The minimum atomic E-state index is -0.614. The van der Waals surface area contributed by atoms with Crippen molar-refractivity contribution in [1.82, 2.24) is 19.8 Å². The van der Waals surface area contributed by atoms with Crippen LogP contribution in [0.15, 0.2) is 24.4 Å². The number of fused-ring (bicyclic) bond motifs is 1. The number of hydrogen-bond acceptors (Lipinski definition) is 7. The molecule has 0 aliphatic carbocycles. The van der Waals surface area contributed by atoms with Crippen LogP contribution >= 0.6 is 11.6 Å². The van der Waals surface area contributed by atoms with Crippen molar-refractivity contribution in [3.8, 4) is 11.5 Å². The second-order valence-electron chi connectivity index (χ2n) is 9.84. The minimum absolute atomic E-state index is 0.0631. The molecule has 5 rings (SSSR count). The number of nitrogens with two attached hydrogens (primary N) is 1. The van der Waals surface area contributed by atoms with Gasteiger partial charge in [0.05, 0.1) is 11.2 Å². The van der Waals surface area contributed by atoms with Crippen LogP contribution in [0, 0.1) is 5.41 Å². The summed E-state index contributed by atoms with van der Waals surface area (Å²) in [6.45, 7) is 8.23. The van der Waals surface area contributed by atoms with Crippen molar-refractivity contribution >= 4 is 23.5 Å². The number of hydrogen-bond donors (Lipinski definition) is 1. The van der Waals surface area contributed by atoms with E-state index in [0.29, 0.717) is 18.5 Å². The molecule has 0 saturated carbocycles. The predicted molar refractivity (Wildman–Crippen MR) is 125 cm³/mol. The van der Waals surface area contributed by atoms with E-state index in [0.717, 1.165) is 56.8 Å². The number of nitrogen functional groups attached to an aromatic ring is 1. The van der Waals surface area contributed by atoms with Gasteiger partial charge < -0.3 is 20.1 Å². The summed E-state index contributed by atoms with van der Waals surface area (Å²) in [5.74, 6) is 0.988. The van der Waals surface area contributed by atoms with Crippen molar-refractivity contribution in [2.45, 2.75) is 51.9 Å². The number of amides is 1. The lowest BCUT2D eigenvalue weighted by Gasteiger charge is -2.47. The lowest BCUT2D eigenvalue weighted by molar-refractivity contribution is -0.0438. The van der Waals surface area contributed by atoms with Crippen LogP contribution in [0.4, 0.5) is 5.95 Å². The predicted octanol–water partition coefficient (Wildman–Crippen LogP) is 3.74. The van der Waals surface area contributed by atoms with Gasteiger partial charge in [0.1, 0.15) is 0 Å². The van der Waals surface area contributed by atoms with Gasteiger partial charge in [-0.3, -0.25) is 9.69 Å². The van der Waals surface area contributed by atoms with Crippen LogP contribution in [0.5, 0.6) is 11.5 Å².